The van der Waals surface area contributed by atoms with E-state index < -0.39 is 0 Å². The molecule has 17 heavy (non-hydrogen) atoms. The number of carbonyl (C=O) groups is 2. The van der Waals surface area contributed by atoms with E-state index in [9.17, 15) is 9.59 Å². The first-order chi connectivity index (χ1) is 7.56. The average Bonchev–Trinajstić information content (AvgIpc) is 2.13. The van der Waals surface area contributed by atoms with Crippen molar-refractivity contribution in [2.24, 2.45) is 5.92 Å². The zero-order valence-corrected chi connectivity index (χ0v) is 11.5. The van der Waals surface area contributed by atoms with Crippen LogP contribution in [0.4, 0.5) is 0 Å². The summed E-state index contributed by atoms with van der Waals surface area (Å²) in [4.78, 5) is 26.8. The number of carbonyl (C=O) groups excluding carboxylic acids is 2. The fraction of sp³-hybridized carbons (Fsp3) is 0.818. The van der Waals surface area contributed by atoms with Crippen molar-refractivity contribution in [3.63, 3.8) is 0 Å². The van der Waals surface area contributed by atoms with Crippen molar-refractivity contribution in [3.05, 3.63) is 0 Å². The summed E-state index contributed by atoms with van der Waals surface area (Å²) in [5, 5.41) is 3.07. The smallest absolute Gasteiger partial charge is 0.241 e. The van der Waals surface area contributed by atoms with E-state index in [2.05, 4.69) is 5.32 Å². The lowest BCUT2D eigenvalue weighted by Gasteiger charge is -2.32. The standard InChI is InChI=1S/C11H21N3O2.ClH/c1-4-5-14(8-10(15)13(2)3)11(16)9-6-12-7-9;/h9,12H,4-8H2,1-3H3;1H. The number of halogens is 1. The van der Waals surface area contributed by atoms with Gasteiger partial charge in [-0.25, -0.2) is 0 Å². The first-order valence-electron chi connectivity index (χ1n) is 5.76. The second-order valence-electron chi connectivity index (χ2n) is 4.40. The van der Waals surface area contributed by atoms with Crippen LogP contribution in [-0.2, 0) is 9.59 Å². The van der Waals surface area contributed by atoms with Gasteiger partial charge in [-0.3, -0.25) is 9.59 Å². The Morgan fingerprint density at radius 1 is 1.29 bits per heavy atom. The van der Waals surface area contributed by atoms with Gasteiger partial charge in [0.2, 0.25) is 11.8 Å². The minimum atomic E-state index is -0.0194. The number of nitrogens with one attached hydrogen (secondary N) is 1. The van der Waals surface area contributed by atoms with E-state index in [0.29, 0.717) is 6.54 Å². The molecule has 2 amide bonds. The Hall–Kier alpha value is -0.810. The molecule has 0 aliphatic carbocycles. The SMILES string of the molecule is CCCN(CC(=O)N(C)C)C(=O)C1CNC1.Cl. The normalized spacial score (nSPS) is 14.5. The molecule has 0 atom stereocenters. The molecule has 0 spiro atoms. The molecule has 1 fully saturated rings. The topological polar surface area (TPSA) is 52.7 Å². The highest BCUT2D eigenvalue weighted by Crippen LogP contribution is 2.09. The molecule has 1 saturated heterocycles. The zero-order valence-electron chi connectivity index (χ0n) is 10.7. The largest absolute Gasteiger partial charge is 0.347 e. The van der Waals surface area contributed by atoms with E-state index in [1.165, 1.54) is 4.90 Å². The molecule has 1 aliphatic rings. The molecular formula is C11H22ClN3O2. The highest BCUT2D eigenvalue weighted by atomic mass is 35.5. The van der Waals surface area contributed by atoms with Crippen molar-refractivity contribution in [1.29, 1.82) is 0 Å². The van der Waals surface area contributed by atoms with E-state index in [1.54, 1.807) is 19.0 Å². The monoisotopic (exact) mass is 263 g/mol. The van der Waals surface area contributed by atoms with Crippen molar-refractivity contribution in [3.8, 4) is 0 Å². The van der Waals surface area contributed by atoms with Gasteiger partial charge in [0.25, 0.3) is 0 Å². The van der Waals surface area contributed by atoms with E-state index in [4.69, 9.17) is 0 Å². The van der Waals surface area contributed by atoms with Crippen molar-refractivity contribution < 1.29 is 9.59 Å². The number of likely N-dealkylation sites (N-methyl/N-ethyl adjacent to an activating group) is 1. The fourth-order valence-electron chi connectivity index (χ4n) is 1.56. The van der Waals surface area contributed by atoms with Gasteiger partial charge in [0.15, 0.2) is 0 Å². The van der Waals surface area contributed by atoms with Crippen LogP contribution in [0.3, 0.4) is 0 Å². The van der Waals surface area contributed by atoms with E-state index >= 15 is 0 Å². The van der Waals surface area contributed by atoms with Gasteiger partial charge in [0, 0.05) is 33.7 Å². The number of amides is 2. The molecule has 0 aromatic carbocycles. The average molecular weight is 264 g/mol. The molecule has 0 aromatic heterocycles. The van der Waals surface area contributed by atoms with Gasteiger partial charge in [-0.05, 0) is 6.42 Å². The molecule has 0 bridgehead atoms. The second kappa shape index (κ2) is 7.50. The van der Waals surface area contributed by atoms with Crippen LogP contribution in [0.15, 0.2) is 0 Å². The quantitative estimate of drug-likeness (QED) is 0.757. The third-order valence-corrected chi connectivity index (χ3v) is 2.76. The van der Waals surface area contributed by atoms with Crippen molar-refractivity contribution in [2.45, 2.75) is 13.3 Å². The van der Waals surface area contributed by atoms with Crippen LogP contribution < -0.4 is 5.32 Å². The summed E-state index contributed by atoms with van der Waals surface area (Å²) in [7, 11) is 3.42. The minimum Gasteiger partial charge on any atom is -0.347 e. The van der Waals surface area contributed by atoms with E-state index in [0.717, 1.165) is 19.5 Å². The first-order valence-corrected chi connectivity index (χ1v) is 5.76. The van der Waals surface area contributed by atoms with Gasteiger partial charge in [-0.2, -0.15) is 0 Å². The van der Waals surface area contributed by atoms with Crippen molar-refractivity contribution >= 4 is 24.2 Å². The highest BCUT2D eigenvalue weighted by Gasteiger charge is 2.29. The predicted molar refractivity (Wildman–Crippen MR) is 69.2 cm³/mol. The Labute approximate surface area is 109 Å². The Bertz CT molecular complexity index is 267. The summed E-state index contributed by atoms with van der Waals surface area (Å²) in [5.41, 5.74) is 0. The zero-order chi connectivity index (χ0) is 12.1. The van der Waals surface area contributed by atoms with Gasteiger partial charge >= 0.3 is 0 Å². The van der Waals surface area contributed by atoms with Crippen LogP contribution in [0.2, 0.25) is 0 Å². The first kappa shape index (κ1) is 16.2. The highest BCUT2D eigenvalue weighted by molar-refractivity contribution is 5.86. The van der Waals surface area contributed by atoms with Gasteiger partial charge in [0.1, 0.15) is 0 Å². The summed E-state index contributed by atoms with van der Waals surface area (Å²) < 4.78 is 0. The third kappa shape index (κ3) is 4.52. The molecular weight excluding hydrogens is 242 g/mol. The molecule has 1 aliphatic heterocycles. The third-order valence-electron chi connectivity index (χ3n) is 2.76. The van der Waals surface area contributed by atoms with Crippen LogP contribution in [0.25, 0.3) is 0 Å². The predicted octanol–water partition coefficient (Wildman–Crippen LogP) is -0.0456. The fourth-order valence-corrected chi connectivity index (χ4v) is 1.56. The van der Waals surface area contributed by atoms with E-state index in [-0.39, 0.29) is 36.7 Å². The Morgan fingerprint density at radius 3 is 2.24 bits per heavy atom. The van der Waals surface area contributed by atoms with Crippen LogP contribution in [-0.4, -0.2) is 61.9 Å². The summed E-state index contributed by atoms with van der Waals surface area (Å²) in [5.74, 6) is 0.159. The molecule has 1 N–H and O–H groups in total. The maximum atomic E-state index is 12.0. The van der Waals surface area contributed by atoms with Crippen LogP contribution in [0.1, 0.15) is 13.3 Å². The number of hydrogen-bond acceptors (Lipinski definition) is 3. The Morgan fingerprint density at radius 2 is 1.88 bits per heavy atom. The molecule has 0 radical (unpaired) electrons. The lowest BCUT2D eigenvalue weighted by Crippen LogP contribution is -2.53. The molecule has 0 saturated carbocycles. The lowest BCUT2D eigenvalue weighted by atomic mass is 10.0. The van der Waals surface area contributed by atoms with Gasteiger partial charge in [-0.15, -0.1) is 12.4 Å². The van der Waals surface area contributed by atoms with E-state index in [1.807, 2.05) is 6.92 Å². The van der Waals surface area contributed by atoms with Gasteiger partial charge < -0.3 is 15.1 Å². The van der Waals surface area contributed by atoms with Crippen molar-refractivity contribution in [1.82, 2.24) is 15.1 Å². The second-order valence-corrected chi connectivity index (χ2v) is 4.40. The van der Waals surface area contributed by atoms with Crippen LogP contribution >= 0.6 is 12.4 Å². The molecule has 5 nitrogen and oxygen atoms in total. The lowest BCUT2D eigenvalue weighted by molar-refractivity contribution is -0.143. The Balaban J connectivity index is 0.00000256. The number of rotatable bonds is 5. The maximum absolute atomic E-state index is 12.0. The summed E-state index contributed by atoms with van der Waals surface area (Å²) >= 11 is 0. The minimum absolute atomic E-state index is 0. The van der Waals surface area contributed by atoms with Gasteiger partial charge in [0.05, 0.1) is 12.5 Å². The molecule has 6 heteroatoms. The van der Waals surface area contributed by atoms with Crippen LogP contribution in [0, 0.1) is 5.92 Å². The molecule has 0 unspecified atom stereocenters. The van der Waals surface area contributed by atoms with Crippen LogP contribution in [0.5, 0.6) is 0 Å². The van der Waals surface area contributed by atoms with Crippen molar-refractivity contribution in [2.75, 3.05) is 40.3 Å². The molecule has 1 heterocycles. The summed E-state index contributed by atoms with van der Waals surface area (Å²) in [6.45, 7) is 4.37. The maximum Gasteiger partial charge on any atom is 0.241 e. The molecule has 0 aromatic rings. The Kier molecular flexibility index (Phi) is 7.15. The summed E-state index contributed by atoms with van der Waals surface area (Å²) in [6, 6.07) is 0. The number of nitrogens with zero attached hydrogens (tertiary/aromatic N) is 2. The summed E-state index contributed by atoms with van der Waals surface area (Å²) in [6.07, 6.45) is 0.882. The van der Waals surface area contributed by atoms with Gasteiger partial charge in [-0.1, -0.05) is 6.92 Å². The number of hydrogen-bond donors (Lipinski definition) is 1. The molecule has 100 valence electrons. The molecule has 1 rings (SSSR count).